The van der Waals surface area contributed by atoms with Crippen molar-refractivity contribution in [1.29, 1.82) is 0 Å². The van der Waals surface area contributed by atoms with Crippen LogP contribution in [-0.4, -0.2) is 18.0 Å². The molecule has 5 aromatic rings. The third-order valence-corrected chi connectivity index (χ3v) is 6.84. The molecule has 168 valence electrons. The van der Waals surface area contributed by atoms with E-state index in [9.17, 15) is 4.79 Å². The second kappa shape index (κ2) is 9.89. The summed E-state index contributed by atoms with van der Waals surface area (Å²) in [5.41, 5.74) is 3.79. The van der Waals surface area contributed by atoms with E-state index in [-0.39, 0.29) is 5.91 Å². The largest absolute Gasteiger partial charge is 0.497 e. The maximum absolute atomic E-state index is 14.3. The quantitative estimate of drug-likeness (QED) is 0.270. The summed E-state index contributed by atoms with van der Waals surface area (Å²) in [5, 5.41) is 0.675. The number of amides is 1. The highest BCUT2D eigenvalue weighted by Crippen LogP contribution is 2.35. The van der Waals surface area contributed by atoms with Crippen LogP contribution in [-0.2, 0) is 11.3 Å². The van der Waals surface area contributed by atoms with E-state index in [1.54, 1.807) is 7.11 Å². The zero-order valence-corrected chi connectivity index (χ0v) is 19.6. The molecule has 0 spiro atoms. The number of methoxy groups -OCH3 is 1. The second-order valence-electron chi connectivity index (χ2n) is 7.99. The Bertz CT molecular complexity index is 1350. The number of carbonyl (C=O) groups excluding carboxylic acids is 1. The van der Waals surface area contributed by atoms with E-state index in [0.29, 0.717) is 11.7 Å². The van der Waals surface area contributed by atoms with Gasteiger partial charge in [-0.1, -0.05) is 102 Å². The normalized spacial score (nSPS) is 11.0. The molecule has 0 bridgehead atoms. The lowest BCUT2D eigenvalue weighted by atomic mass is 9.90. The Morgan fingerprint density at radius 2 is 1.44 bits per heavy atom. The van der Waals surface area contributed by atoms with Crippen molar-refractivity contribution in [2.24, 2.45) is 0 Å². The smallest absolute Gasteiger partial charge is 0.241 e. The summed E-state index contributed by atoms with van der Waals surface area (Å²) in [6.07, 6.45) is 0. The van der Waals surface area contributed by atoms with Crippen molar-refractivity contribution < 1.29 is 9.53 Å². The summed E-state index contributed by atoms with van der Waals surface area (Å²) >= 11 is 1.52. The first-order valence-corrected chi connectivity index (χ1v) is 11.9. The third-order valence-electron chi connectivity index (χ3n) is 5.78. The van der Waals surface area contributed by atoms with Crippen LogP contribution in [0.1, 0.15) is 22.6 Å². The van der Waals surface area contributed by atoms with Crippen molar-refractivity contribution >= 4 is 32.6 Å². The van der Waals surface area contributed by atoms with Crippen LogP contribution >= 0.6 is 11.3 Å². The van der Waals surface area contributed by atoms with E-state index < -0.39 is 5.92 Å². The minimum absolute atomic E-state index is 0.00715. The van der Waals surface area contributed by atoms with Gasteiger partial charge in [0.2, 0.25) is 5.91 Å². The fourth-order valence-corrected chi connectivity index (χ4v) is 5.02. The zero-order chi connectivity index (χ0) is 23.3. The molecular formula is C29H24N2O2S. The van der Waals surface area contributed by atoms with Gasteiger partial charge in [-0.25, -0.2) is 4.98 Å². The fourth-order valence-electron chi connectivity index (χ4n) is 4.07. The minimum atomic E-state index is -0.437. The number of aromatic nitrogens is 1. The number of benzene rings is 4. The molecule has 0 fully saturated rings. The highest BCUT2D eigenvalue weighted by atomic mass is 32.1. The van der Waals surface area contributed by atoms with Crippen LogP contribution in [0.2, 0.25) is 0 Å². The Morgan fingerprint density at radius 1 is 0.853 bits per heavy atom. The molecular weight excluding hydrogens is 440 g/mol. The van der Waals surface area contributed by atoms with Gasteiger partial charge in [-0.2, -0.15) is 0 Å². The standard InChI is InChI=1S/C29H24N2O2S/c1-33-24-17-18-26-25(19-24)30-29(34-26)31(20-21-11-5-2-6-12-21)28(32)27(22-13-7-3-8-14-22)23-15-9-4-10-16-23/h2-19,27H,20H2,1H3. The first-order valence-electron chi connectivity index (χ1n) is 11.1. The second-order valence-corrected chi connectivity index (χ2v) is 9.00. The molecule has 0 saturated heterocycles. The van der Waals surface area contributed by atoms with Crippen LogP contribution in [0, 0.1) is 0 Å². The summed E-state index contributed by atoms with van der Waals surface area (Å²) in [6, 6.07) is 35.8. The van der Waals surface area contributed by atoms with Crippen molar-refractivity contribution in [3.63, 3.8) is 0 Å². The molecule has 0 aliphatic carbocycles. The average molecular weight is 465 g/mol. The molecule has 1 heterocycles. The van der Waals surface area contributed by atoms with Crippen LogP contribution in [0.15, 0.2) is 109 Å². The van der Waals surface area contributed by atoms with Crippen LogP contribution in [0.3, 0.4) is 0 Å². The van der Waals surface area contributed by atoms with E-state index in [1.165, 1.54) is 11.3 Å². The zero-order valence-electron chi connectivity index (χ0n) is 18.8. The Hall–Kier alpha value is -3.96. The molecule has 0 N–H and O–H groups in total. The van der Waals surface area contributed by atoms with Gasteiger partial charge in [0, 0.05) is 6.07 Å². The number of carbonyl (C=O) groups is 1. The Kier molecular flexibility index (Phi) is 6.36. The molecule has 4 aromatic carbocycles. The Labute approximate surface area is 203 Å². The maximum Gasteiger partial charge on any atom is 0.241 e. The lowest BCUT2D eigenvalue weighted by Gasteiger charge is -2.26. The van der Waals surface area contributed by atoms with E-state index in [0.717, 1.165) is 32.7 Å². The van der Waals surface area contributed by atoms with Gasteiger partial charge in [-0.3, -0.25) is 9.69 Å². The molecule has 5 rings (SSSR count). The number of nitrogens with zero attached hydrogens (tertiary/aromatic N) is 2. The molecule has 0 unspecified atom stereocenters. The number of rotatable bonds is 7. The Morgan fingerprint density at radius 3 is 2.03 bits per heavy atom. The van der Waals surface area contributed by atoms with E-state index in [1.807, 2.05) is 114 Å². The molecule has 0 aliphatic rings. The number of fused-ring (bicyclic) bond motifs is 1. The first-order chi connectivity index (χ1) is 16.7. The summed E-state index contributed by atoms with van der Waals surface area (Å²) < 4.78 is 6.38. The lowest BCUT2D eigenvalue weighted by molar-refractivity contribution is -0.119. The van der Waals surface area contributed by atoms with E-state index in [2.05, 4.69) is 0 Å². The summed E-state index contributed by atoms with van der Waals surface area (Å²) in [5.74, 6) is 0.302. The van der Waals surface area contributed by atoms with Crippen LogP contribution in [0.25, 0.3) is 10.2 Å². The molecule has 0 atom stereocenters. The van der Waals surface area contributed by atoms with Gasteiger partial charge in [-0.15, -0.1) is 0 Å². The summed E-state index contributed by atoms with van der Waals surface area (Å²) in [4.78, 5) is 21.0. The highest BCUT2D eigenvalue weighted by Gasteiger charge is 2.30. The van der Waals surface area contributed by atoms with Crippen molar-refractivity contribution in [1.82, 2.24) is 4.98 Å². The summed E-state index contributed by atoms with van der Waals surface area (Å²) in [7, 11) is 1.64. The van der Waals surface area contributed by atoms with E-state index in [4.69, 9.17) is 9.72 Å². The van der Waals surface area contributed by atoms with Crippen molar-refractivity contribution in [3.8, 4) is 5.75 Å². The number of hydrogen-bond acceptors (Lipinski definition) is 4. The van der Waals surface area contributed by atoms with Gasteiger partial charge >= 0.3 is 0 Å². The molecule has 0 radical (unpaired) electrons. The molecule has 4 nitrogen and oxygen atoms in total. The lowest BCUT2D eigenvalue weighted by Crippen LogP contribution is -2.35. The highest BCUT2D eigenvalue weighted by molar-refractivity contribution is 7.22. The minimum Gasteiger partial charge on any atom is -0.497 e. The number of hydrogen-bond donors (Lipinski definition) is 0. The van der Waals surface area contributed by atoms with Gasteiger partial charge in [0.1, 0.15) is 5.75 Å². The molecule has 0 saturated carbocycles. The van der Waals surface area contributed by atoms with Gasteiger partial charge in [0.15, 0.2) is 5.13 Å². The number of thiazole rings is 1. The number of anilines is 1. The molecule has 34 heavy (non-hydrogen) atoms. The monoisotopic (exact) mass is 464 g/mol. The van der Waals surface area contributed by atoms with Crippen LogP contribution < -0.4 is 9.64 Å². The molecule has 1 amide bonds. The maximum atomic E-state index is 14.3. The summed E-state index contributed by atoms with van der Waals surface area (Å²) in [6.45, 7) is 0.437. The van der Waals surface area contributed by atoms with E-state index >= 15 is 0 Å². The van der Waals surface area contributed by atoms with Gasteiger partial charge in [0.25, 0.3) is 0 Å². The van der Waals surface area contributed by atoms with Gasteiger partial charge < -0.3 is 4.74 Å². The molecule has 5 heteroatoms. The van der Waals surface area contributed by atoms with Crippen molar-refractivity contribution in [2.75, 3.05) is 12.0 Å². The predicted octanol–water partition coefficient (Wildman–Crippen LogP) is 6.67. The van der Waals surface area contributed by atoms with Gasteiger partial charge in [-0.05, 0) is 28.8 Å². The first kappa shape index (κ1) is 21.9. The van der Waals surface area contributed by atoms with Crippen LogP contribution in [0.4, 0.5) is 5.13 Å². The Balaban J connectivity index is 1.62. The fraction of sp³-hybridized carbons (Fsp3) is 0.103. The van der Waals surface area contributed by atoms with Gasteiger partial charge in [0.05, 0.1) is 29.8 Å². The molecule has 0 aliphatic heterocycles. The SMILES string of the molecule is COc1ccc2sc(N(Cc3ccccc3)C(=O)C(c3ccccc3)c3ccccc3)nc2c1. The third kappa shape index (κ3) is 4.56. The predicted molar refractivity (Wildman–Crippen MR) is 139 cm³/mol. The van der Waals surface area contributed by atoms with Crippen LogP contribution in [0.5, 0.6) is 5.75 Å². The van der Waals surface area contributed by atoms with Crippen molar-refractivity contribution in [2.45, 2.75) is 12.5 Å². The molecule has 1 aromatic heterocycles. The topological polar surface area (TPSA) is 42.4 Å². The average Bonchev–Trinajstić information content (AvgIpc) is 3.32. The van der Waals surface area contributed by atoms with Crippen molar-refractivity contribution in [3.05, 3.63) is 126 Å². The number of ether oxygens (including phenoxy) is 1.